The minimum absolute atomic E-state index is 0.137. The van der Waals surface area contributed by atoms with Gasteiger partial charge in [-0.05, 0) is 38.1 Å². The second kappa shape index (κ2) is 15.1. The van der Waals surface area contributed by atoms with Crippen molar-refractivity contribution in [1.29, 1.82) is 0 Å². The molecule has 0 fully saturated rings. The van der Waals surface area contributed by atoms with Crippen molar-refractivity contribution in [2.24, 2.45) is 23.1 Å². The Labute approximate surface area is 186 Å². The van der Waals surface area contributed by atoms with Crippen LogP contribution in [-0.2, 0) is 24.0 Å². The van der Waals surface area contributed by atoms with Gasteiger partial charge in [-0.15, -0.1) is 0 Å². The van der Waals surface area contributed by atoms with E-state index in [1.54, 1.807) is 13.8 Å². The van der Waals surface area contributed by atoms with Crippen LogP contribution in [0.25, 0.3) is 0 Å². The van der Waals surface area contributed by atoms with Gasteiger partial charge in [-0.25, -0.2) is 4.79 Å². The van der Waals surface area contributed by atoms with Crippen molar-refractivity contribution in [3.8, 4) is 0 Å². The highest BCUT2D eigenvalue weighted by Crippen LogP contribution is 2.07. The molecule has 0 aromatic carbocycles. The number of nitrogens with one attached hydrogen (secondary N) is 3. The summed E-state index contributed by atoms with van der Waals surface area (Å²) < 4.78 is 0. The molecule has 0 aromatic rings. The van der Waals surface area contributed by atoms with Crippen LogP contribution < -0.4 is 33.2 Å². The third-order valence-electron chi connectivity index (χ3n) is 4.65. The number of carbonyl (C=O) groups excluding carboxylic acids is 4. The van der Waals surface area contributed by atoms with Crippen LogP contribution in [-0.4, -0.2) is 77.1 Å². The van der Waals surface area contributed by atoms with E-state index in [1.807, 2.05) is 0 Å². The first-order valence-corrected chi connectivity index (χ1v) is 10.4. The predicted molar refractivity (Wildman–Crippen MR) is 115 cm³/mol. The molecule has 0 spiro atoms. The van der Waals surface area contributed by atoms with Crippen LogP contribution >= 0.6 is 0 Å². The fraction of sp³-hybridized carbons (Fsp3) is 0.737. The van der Waals surface area contributed by atoms with Crippen molar-refractivity contribution >= 4 is 29.6 Å². The summed E-state index contributed by atoms with van der Waals surface area (Å²) in [4.78, 5) is 60.1. The van der Waals surface area contributed by atoms with E-state index < -0.39 is 66.3 Å². The van der Waals surface area contributed by atoms with E-state index in [4.69, 9.17) is 22.3 Å². The first-order chi connectivity index (χ1) is 14.9. The lowest BCUT2D eigenvalue weighted by Crippen LogP contribution is -2.58. The number of aliphatic hydroxyl groups excluding tert-OH is 1. The molecule has 0 saturated carbocycles. The van der Waals surface area contributed by atoms with Gasteiger partial charge < -0.3 is 43.4 Å². The topological polar surface area (TPSA) is 240 Å². The average molecular weight is 461 g/mol. The summed E-state index contributed by atoms with van der Waals surface area (Å²) in [5.41, 5.74) is 16.0. The number of unbranched alkanes of at least 4 members (excludes halogenated alkanes) is 1. The second-order valence-electron chi connectivity index (χ2n) is 7.77. The van der Waals surface area contributed by atoms with Gasteiger partial charge in [-0.2, -0.15) is 0 Å². The first-order valence-electron chi connectivity index (χ1n) is 10.4. The van der Waals surface area contributed by atoms with Gasteiger partial charge in [-0.3, -0.25) is 19.2 Å². The fourth-order valence-electron chi connectivity index (χ4n) is 2.72. The van der Waals surface area contributed by atoms with Gasteiger partial charge in [0.15, 0.2) is 0 Å². The molecule has 4 atom stereocenters. The minimum Gasteiger partial charge on any atom is -0.480 e. The van der Waals surface area contributed by atoms with Crippen LogP contribution in [0.5, 0.6) is 0 Å². The summed E-state index contributed by atoms with van der Waals surface area (Å²) in [5.74, 6) is -4.67. The van der Waals surface area contributed by atoms with Crippen molar-refractivity contribution < 1.29 is 34.2 Å². The molecule has 0 aliphatic heterocycles. The average Bonchev–Trinajstić information content (AvgIpc) is 2.72. The summed E-state index contributed by atoms with van der Waals surface area (Å²) in [6.45, 7) is 3.04. The number of nitrogens with two attached hydrogens (primary N) is 3. The number of hydrogen-bond acceptors (Lipinski definition) is 8. The molecule has 0 aromatic heterocycles. The third-order valence-corrected chi connectivity index (χ3v) is 4.65. The molecule has 0 rings (SSSR count). The number of amides is 4. The zero-order chi connectivity index (χ0) is 24.8. The van der Waals surface area contributed by atoms with Crippen LogP contribution in [0.1, 0.15) is 46.0 Å². The van der Waals surface area contributed by atoms with E-state index in [0.29, 0.717) is 19.4 Å². The van der Waals surface area contributed by atoms with Gasteiger partial charge in [0.25, 0.3) is 0 Å². The number of carboxylic acid groups (broad SMARTS) is 1. The summed E-state index contributed by atoms with van der Waals surface area (Å²) in [6.07, 6.45) is 0.776. The maximum absolute atomic E-state index is 12.8. The summed E-state index contributed by atoms with van der Waals surface area (Å²) in [5, 5.41) is 25.6. The first kappa shape index (κ1) is 29.2. The molecule has 0 saturated heterocycles. The van der Waals surface area contributed by atoms with Gasteiger partial charge in [0.05, 0.1) is 6.61 Å². The number of aliphatic hydroxyl groups is 1. The van der Waals surface area contributed by atoms with E-state index in [-0.39, 0.29) is 19.3 Å². The molecule has 13 nitrogen and oxygen atoms in total. The number of carbonyl (C=O) groups is 5. The lowest BCUT2D eigenvalue weighted by molar-refractivity contribution is -0.142. The van der Waals surface area contributed by atoms with E-state index in [2.05, 4.69) is 16.0 Å². The fourth-order valence-corrected chi connectivity index (χ4v) is 2.72. The monoisotopic (exact) mass is 460 g/mol. The maximum Gasteiger partial charge on any atom is 0.326 e. The Morgan fingerprint density at radius 1 is 0.875 bits per heavy atom. The molecular formula is C19H36N6O7. The molecule has 0 aliphatic carbocycles. The minimum atomic E-state index is -1.27. The molecule has 0 bridgehead atoms. The van der Waals surface area contributed by atoms with Crippen LogP contribution in [0.4, 0.5) is 0 Å². The maximum atomic E-state index is 12.8. The van der Waals surface area contributed by atoms with Crippen LogP contribution in [0.15, 0.2) is 0 Å². The predicted octanol–water partition coefficient (Wildman–Crippen LogP) is -3.10. The lowest BCUT2D eigenvalue weighted by atomic mass is 10.0. The third kappa shape index (κ3) is 11.0. The van der Waals surface area contributed by atoms with Crippen LogP contribution in [0.3, 0.4) is 0 Å². The normalized spacial score (nSPS) is 14.7. The Bertz CT molecular complexity index is 658. The number of rotatable bonds is 16. The molecule has 0 heterocycles. The van der Waals surface area contributed by atoms with Gasteiger partial charge >= 0.3 is 5.97 Å². The van der Waals surface area contributed by atoms with Crippen molar-refractivity contribution in [2.45, 2.75) is 70.1 Å². The Morgan fingerprint density at radius 3 is 1.94 bits per heavy atom. The smallest absolute Gasteiger partial charge is 0.326 e. The highest BCUT2D eigenvalue weighted by atomic mass is 16.4. The van der Waals surface area contributed by atoms with Crippen molar-refractivity contribution in [3.63, 3.8) is 0 Å². The Morgan fingerprint density at radius 2 is 1.47 bits per heavy atom. The van der Waals surface area contributed by atoms with Crippen LogP contribution in [0.2, 0.25) is 0 Å². The quantitative estimate of drug-likeness (QED) is 0.109. The molecule has 11 N–H and O–H groups in total. The summed E-state index contributed by atoms with van der Waals surface area (Å²) in [7, 11) is 0. The summed E-state index contributed by atoms with van der Waals surface area (Å²) in [6, 6.07) is -4.80. The van der Waals surface area contributed by atoms with E-state index in [1.165, 1.54) is 0 Å². The van der Waals surface area contributed by atoms with E-state index in [9.17, 15) is 29.1 Å². The number of hydrogen-bond donors (Lipinski definition) is 8. The van der Waals surface area contributed by atoms with Crippen molar-refractivity contribution in [3.05, 3.63) is 0 Å². The lowest BCUT2D eigenvalue weighted by Gasteiger charge is -2.26. The van der Waals surface area contributed by atoms with Gasteiger partial charge in [-0.1, -0.05) is 13.8 Å². The largest absolute Gasteiger partial charge is 0.480 e. The molecule has 32 heavy (non-hydrogen) atoms. The summed E-state index contributed by atoms with van der Waals surface area (Å²) >= 11 is 0. The number of aliphatic carboxylic acids is 1. The molecule has 4 unspecified atom stereocenters. The highest BCUT2D eigenvalue weighted by Gasteiger charge is 2.31. The van der Waals surface area contributed by atoms with Gasteiger partial charge in [0.1, 0.15) is 24.2 Å². The Hall–Kier alpha value is -2.77. The molecule has 13 heteroatoms. The number of carboxylic acids is 1. The standard InChI is InChI=1S/C19H36N6O7/c1-10(2)15(25-16(28)11(21)9-26)18(30)23-12(6-7-14(22)27)17(29)24-13(19(31)32)5-3-4-8-20/h10-13,15,26H,3-9,20-21H2,1-2H3,(H2,22,27)(H,23,30)(H,24,29)(H,25,28)(H,31,32). The molecule has 184 valence electrons. The van der Waals surface area contributed by atoms with Crippen LogP contribution in [0, 0.1) is 5.92 Å². The molecule has 4 amide bonds. The van der Waals surface area contributed by atoms with Crippen molar-refractivity contribution in [2.75, 3.05) is 13.2 Å². The Balaban J connectivity index is 5.41. The van der Waals surface area contributed by atoms with Gasteiger partial charge in [0.2, 0.25) is 23.6 Å². The van der Waals surface area contributed by atoms with E-state index in [0.717, 1.165) is 0 Å². The highest BCUT2D eigenvalue weighted by molar-refractivity contribution is 5.94. The Kier molecular flexibility index (Phi) is 13.8. The second-order valence-corrected chi connectivity index (χ2v) is 7.77. The molecule has 0 aliphatic rings. The molecular weight excluding hydrogens is 424 g/mol. The zero-order valence-corrected chi connectivity index (χ0v) is 18.5. The van der Waals surface area contributed by atoms with E-state index >= 15 is 0 Å². The number of primary amides is 1. The van der Waals surface area contributed by atoms with Gasteiger partial charge in [0, 0.05) is 6.42 Å². The SMILES string of the molecule is CC(C)C(NC(=O)C(N)CO)C(=O)NC(CCC(N)=O)C(=O)NC(CCCCN)C(=O)O. The zero-order valence-electron chi connectivity index (χ0n) is 18.5. The van der Waals surface area contributed by atoms with Crippen molar-refractivity contribution in [1.82, 2.24) is 16.0 Å². The molecule has 0 radical (unpaired) electrons.